The van der Waals surface area contributed by atoms with Gasteiger partial charge in [0.05, 0.1) is 18.2 Å². The van der Waals surface area contributed by atoms with E-state index in [1.165, 1.54) is 0 Å². The molecule has 24 heavy (non-hydrogen) atoms. The lowest BCUT2D eigenvalue weighted by molar-refractivity contribution is -0.123. The third kappa shape index (κ3) is 4.32. The Morgan fingerprint density at radius 2 is 1.96 bits per heavy atom. The first-order chi connectivity index (χ1) is 11.7. The summed E-state index contributed by atoms with van der Waals surface area (Å²) in [6.07, 6.45) is 0.813. The minimum absolute atomic E-state index is 0.0394. The Bertz CT molecular complexity index is 706. The molecule has 0 saturated carbocycles. The van der Waals surface area contributed by atoms with Crippen LogP contribution >= 0.6 is 11.6 Å². The van der Waals surface area contributed by atoms with Gasteiger partial charge in [-0.3, -0.25) is 4.79 Å². The van der Waals surface area contributed by atoms with Crippen LogP contribution in [0.15, 0.2) is 42.5 Å². The maximum atomic E-state index is 11.9. The maximum Gasteiger partial charge on any atom is 0.258 e. The molecule has 3 rings (SSSR count). The van der Waals surface area contributed by atoms with Crippen LogP contribution in [-0.2, 0) is 11.3 Å². The van der Waals surface area contributed by atoms with Crippen LogP contribution < -0.4 is 19.5 Å². The van der Waals surface area contributed by atoms with E-state index in [1.807, 2.05) is 24.3 Å². The molecule has 0 aromatic heterocycles. The van der Waals surface area contributed by atoms with Crippen molar-refractivity contribution in [3.63, 3.8) is 0 Å². The Morgan fingerprint density at radius 1 is 1.17 bits per heavy atom. The second kappa shape index (κ2) is 7.93. The number of carbonyl (C=O) groups is 1. The zero-order valence-electron chi connectivity index (χ0n) is 13.1. The Labute approximate surface area is 145 Å². The number of amides is 1. The van der Waals surface area contributed by atoms with Crippen molar-refractivity contribution in [2.24, 2.45) is 0 Å². The van der Waals surface area contributed by atoms with Gasteiger partial charge in [-0.2, -0.15) is 0 Å². The summed E-state index contributed by atoms with van der Waals surface area (Å²) >= 11 is 6.23. The van der Waals surface area contributed by atoms with Crippen molar-refractivity contribution in [1.82, 2.24) is 5.32 Å². The van der Waals surface area contributed by atoms with Gasteiger partial charge in [-0.05, 0) is 29.8 Å². The van der Waals surface area contributed by atoms with E-state index < -0.39 is 0 Å². The van der Waals surface area contributed by atoms with E-state index in [-0.39, 0.29) is 12.5 Å². The molecular weight excluding hydrogens is 330 g/mol. The number of benzene rings is 2. The number of rotatable bonds is 5. The molecule has 1 aliphatic rings. The van der Waals surface area contributed by atoms with Crippen LogP contribution in [-0.4, -0.2) is 25.7 Å². The quantitative estimate of drug-likeness (QED) is 0.902. The zero-order chi connectivity index (χ0) is 16.8. The highest BCUT2D eigenvalue weighted by Crippen LogP contribution is 2.37. The summed E-state index contributed by atoms with van der Waals surface area (Å²) in [5.41, 5.74) is 0.845. The average molecular weight is 348 g/mol. The summed E-state index contributed by atoms with van der Waals surface area (Å²) < 4.78 is 16.6. The number of carbonyl (C=O) groups excluding carboxylic acids is 1. The number of fused-ring (bicyclic) bond motifs is 1. The molecule has 0 radical (unpaired) electrons. The first kappa shape index (κ1) is 16.5. The molecule has 2 aromatic rings. The van der Waals surface area contributed by atoms with Gasteiger partial charge >= 0.3 is 0 Å². The van der Waals surface area contributed by atoms with Crippen molar-refractivity contribution < 1.29 is 19.0 Å². The summed E-state index contributed by atoms with van der Waals surface area (Å²) in [7, 11) is 0. The fourth-order valence-corrected chi connectivity index (χ4v) is 2.59. The number of hydrogen-bond acceptors (Lipinski definition) is 4. The highest BCUT2D eigenvalue weighted by molar-refractivity contribution is 6.32. The van der Waals surface area contributed by atoms with Crippen LogP contribution in [0.4, 0.5) is 0 Å². The number of ether oxygens (including phenoxy) is 3. The van der Waals surface area contributed by atoms with Gasteiger partial charge < -0.3 is 19.5 Å². The van der Waals surface area contributed by atoms with E-state index in [2.05, 4.69) is 5.32 Å². The van der Waals surface area contributed by atoms with Gasteiger partial charge in [0.15, 0.2) is 18.1 Å². The molecule has 0 saturated heterocycles. The van der Waals surface area contributed by atoms with Crippen molar-refractivity contribution >= 4 is 17.5 Å². The molecule has 1 N–H and O–H groups in total. The molecule has 5 nitrogen and oxygen atoms in total. The zero-order valence-corrected chi connectivity index (χ0v) is 13.8. The number of para-hydroxylation sites is 1. The minimum atomic E-state index is -0.206. The van der Waals surface area contributed by atoms with Crippen LogP contribution in [0.2, 0.25) is 5.02 Å². The lowest BCUT2D eigenvalue weighted by Gasteiger charge is -2.12. The molecule has 0 unspecified atom stereocenters. The molecule has 126 valence electrons. The van der Waals surface area contributed by atoms with E-state index in [0.29, 0.717) is 42.0 Å². The van der Waals surface area contributed by atoms with Crippen LogP contribution in [0.5, 0.6) is 17.2 Å². The molecule has 0 fully saturated rings. The van der Waals surface area contributed by atoms with Crippen molar-refractivity contribution in [1.29, 1.82) is 0 Å². The van der Waals surface area contributed by atoms with Gasteiger partial charge in [-0.1, -0.05) is 29.8 Å². The second-order valence-electron chi connectivity index (χ2n) is 5.33. The third-order valence-electron chi connectivity index (χ3n) is 3.46. The Balaban J connectivity index is 1.55. The molecule has 0 atom stereocenters. The number of halogens is 1. The average Bonchev–Trinajstić information content (AvgIpc) is 2.85. The van der Waals surface area contributed by atoms with Gasteiger partial charge in [-0.15, -0.1) is 0 Å². The fourth-order valence-electron chi connectivity index (χ4n) is 2.30. The standard InChI is InChI=1S/C18H18ClNO4/c19-15-9-13(10-16-18(15)23-8-4-7-22-16)11-20-17(21)12-24-14-5-2-1-3-6-14/h1-3,5-6,9-10H,4,7-8,11-12H2,(H,20,21). The van der Waals surface area contributed by atoms with Crippen LogP contribution in [0.25, 0.3) is 0 Å². The fraction of sp³-hybridized carbons (Fsp3) is 0.278. The third-order valence-corrected chi connectivity index (χ3v) is 3.75. The monoisotopic (exact) mass is 347 g/mol. The molecule has 1 aliphatic heterocycles. The molecule has 2 aromatic carbocycles. The lowest BCUT2D eigenvalue weighted by Crippen LogP contribution is -2.28. The van der Waals surface area contributed by atoms with Crippen LogP contribution in [0, 0.1) is 0 Å². The molecule has 0 aliphatic carbocycles. The summed E-state index contributed by atoms with van der Waals surface area (Å²) in [6.45, 7) is 1.47. The van der Waals surface area contributed by atoms with Crippen LogP contribution in [0.1, 0.15) is 12.0 Å². The Kier molecular flexibility index (Phi) is 5.43. The topological polar surface area (TPSA) is 56.8 Å². The van der Waals surface area contributed by atoms with Crippen LogP contribution in [0.3, 0.4) is 0 Å². The van der Waals surface area contributed by atoms with Gasteiger partial charge in [0, 0.05) is 13.0 Å². The van der Waals surface area contributed by atoms with Gasteiger partial charge in [0.25, 0.3) is 5.91 Å². The summed E-state index contributed by atoms with van der Waals surface area (Å²) in [6, 6.07) is 12.8. The normalized spacial score (nSPS) is 13.0. The van der Waals surface area contributed by atoms with Crippen molar-refractivity contribution in [3.05, 3.63) is 53.1 Å². The summed E-state index contributed by atoms with van der Waals surface area (Å²) in [4.78, 5) is 11.9. The largest absolute Gasteiger partial charge is 0.489 e. The smallest absolute Gasteiger partial charge is 0.258 e. The van der Waals surface area contributed by atoms with Crippen molar-refractivity contribution in [2.45, 2.75) is 13.0 Å². The first-order valence-electron chi connectivity index (χ1n) is 7.75. The predicted molar refractivity (Wildman–Crippen MR) is 90.8 cm³/mol. The lowest BCUT2D eigenvalue weighted by atomic mass is 10.2. The molecule has 6 heteroatoms. The van der Waals surface area contributed by atoms with E-state index in [0.717, 1.165) is 12.0 Å². The molecule has 1 amide bonds. The summed E-state index contributed by atoms with van der Waals surface area (Å²) in [5.74, 6) is 1.63. The molecule has 0 spiro atoms. The molecule has 0 bridgehead atoms. The molecular formula is C18H18ClNO4. The van der Waals surface area contributed by atoms with Crippen molar-refractivity contribution in [3.8, 4) is 17.2 Å². The minimum Gasteiger partial charge on any atom is -0.489 e. The van der Waals surface area contributed by atoms with Crippen molar-refractivity contribution in [2.75, 3.05) is 19.8 Å². The van der Waals surface area contributed by atoms with E-state index in [1.54, 1.807) is 18.2 Å². The maximum absolute atomic E-state index is 11.9. The van der Waals surface area contributed by atoms with Gasteiger partial charge in [-0.25, -0.2) is 0 Å². The molecule has 1 heterocycles. The van der Waals surface area contributed by atoms with E-state index in [9.17, 15) is 4.79 Å². The Hall–Kier alpha value is -2.40. The summed E-state index contributed by atoms with van der Waals surface area (Å²) in [5, 5.41) is 3.29. The number of hydrogen-bond donors (Lipinski definition) is 1. The highest BCUT2D eigenvalue weighted by atomic mass is 35.5. The first-order valence-corrected chi connectivity index (χ1v) is 8.13. The van der Waals surface area contributed by atoms with Gasteiger partial charge in [0.1, 0.15) is 5.75 Å². The Morgan fingerprint density at radius 3 is 2.79 bits per heavy atom. The number of nitrogens with one attached hydrogen (secondary N) is 1. The van der Waals surface area contributed by atoms with E-state index >= 15 is 0 Å². The highest BCUT2D eigenvalue weighted by Gasteiger charge is 2.15. The second-order valence-corrected chi connectivity index (χ2v) is 5.74. The van der Waals surface area contributed by atoms with E-state index in [4.69, 9.17) is 25.8 Å². The predicted octanol–water partition coefficient (Wildman–Crippen LogP) is 3.20. The SMILES string of the molecule is O=C(COc1ccccc1)NCc1cc(Cl)c2c(c1)OCCCO2. The van der Waals surface area contributed by atoms with Gasteiger partial charge in [0.2, 0.25) is 0 Å².